The third-order valence-corrected chi connectivity index (χ3v) is 2.20. The molecule has 0 saturated carbocycles. The molecule has 0 bridgehead atoms. The molecule has 0 aromatic carbocycles. The summed E-state index contributed by atoms with van der Waals surface area (Å²) in [6.45, 7) is 2.74. The minimum Gasteiger partial charge on any atom is -0.411 e. The van der Waals surface area contributed by atoms with Gasteiger partial charge in [-0.1, -0.05) is 5.16 Å². The van der Waals surface area contributed by atoms with Crippen LogP contribution in [-0.4, -0.2) is 48.0 Å². The molecule has 1 amide bonds. The van der Waals surface area contributed by atoms with Crippen LogP contribution in [0.4, 0.5) is 0 Å². The third-order valence-electron chi connectivity index (χ3n) is 2.20. The molecule has 5 heteroatoms. The summed E-state index contributed by atoms with van der Waals surface area (Å²) in [4.78, 5) is 13.1. The first-order valence-electron chi connectivity index (χ1n) is 4.20. The maximum absolute atomic E-state index is 11.5. The fourth-order valence-electron chi connectivity index (χ4n) is 1.27. The molecule has 1 unspecified atom stereocenters. The lowest BCUT2D eigenvalue weighted by Gasteiger charge is -2.18. The molecule has 0 aromatic rings. The van der Waals surface area contributed by atoms with Crippen molar-refractivity contribution >= 4 is 11.6 Å². The van der Waals surface area contributed by atoms with Gasteiger partial charge in [0, 0.05) is 20.1 Å². The Morgan fingerprint density at radius 2 is 2.46 bits per heavy atom. The van der Waals surface area contributed by atoms with Crippen LogP contribution in [0.3, 0.4) is 0 Å². The number of hydrogen-bond acceptors (Lipinski definition) is 4. The van der Waals surface area contributed by atoms with Gasteiger partial charge in [0.1, 0.15) is 6.10 Å². The number of nitrogens with zero attached hydrogens (tertiary/aromatic N) is 2. The van der Waals surface area contributed by atoms with Crippen molar-refractivity contribution in [2.24, 2.45) is 5.16 Å². The van der Waals surface area contributed by atoms with Crippen molar-refractivity contribution in [3.8, 4) is 0 Å². The SMILES string of the molecule is COC(C)C(=O)N1CC/C(=N/O)C1. The van der Waals surface area contributed by atoms with E-state index in [2.05, 4.69) is 5.16 Å². The molecule has 1 fully saturated rings. The predicted octanol–water partition coefficient (Wildman–Crippen LogP) is 0.0838. The molecule has 1 aliphatic heterocycles. The van der Waals surface area contributed by atoms with Crippen LogP contribution >= 0.6 is 0 Å². The van der Waals surface area contributed by atoms with Crippen molar-refractivity contribution in [2.45, 2.75) is 19.4 Å². The fourth-order valence-corrected chi connectivity index (χ4v) is 1.27. The van der Waals surface area contributed by atoms with Gasteiger partial charge in [-0.3, -0.25) is 4.79 Å². The number of carbonyl (C=O) groups excluding carboxylic acids is 1. The van der Waals surface area contributed by atoms with Crippen molar-refractivity contribution < 1.29 is 14.7 Å². The molecule has 1 heterocycles. The van der Waals surface area contributed by atoms with Gasteiger partial charge in [0.05, 0.1) is 12.3 Å². The molecule has 0 aliphatic carbocycles. The second-order valence-electron chi connectivity index (χ2n) is 3.05. The number of rotatable bonds is 2. The highest BCUT2D eigenvalue weighted by atomic mass is 16.5. The Balaban J connectivity index is 2.51. The van der Waals surface area contributed by atoms with E-state index in [9.17, 15) is 4.79 Å². The summed E-state index contributed by atoms with van der Waals surface area (Å²) in [5.74, 6) is -0.0545. The molecule has 0 radical (unpaired) electrons. The van der Waals surface area contributed by atoms with Gasteiger partial charge in [-0.05, 0) is 6.92 Å². The summed E-state index contributed by atoms with van der Waals surface area (Å²) >= 11 is 0. The number of oxime groups is 1. The second kappa shape index (κ2) is 4.23. The second-order valence-corrected chi connectivity index (χ2v) is 3.05. The first-order valence-corrected chi connectivity index (χ1v) is 4.20. The number of hydrogen-bond donors (Lipinski definition) is 1. The molecular weight excluding hydrogens is 172 g/mol. The quantitative estimate of drug-likeness (QED) is 0.491. The lowest BCUT2D eigenvalue weighted by atomic mass is 10.3. The molecule has 1 saturated heterocycles. The van der Waals surface area contributed by atoms with Crippen molar-refractivity contribution in [1.29, 1.82) is 0 Å². The Kier molecular flexibility index (Phi) is 3.25. The molecule has 0 aromatic heterocycles. The Morgan fingerprint density at radius 3 is 2.92 bits per heavy atom. The van der Waals surface area contributed by atoms with Crippen LogP contribution in [0.2, 0.25) is 0 Å². The average Bonchev–Trinajstić information content (AvgIpc) is 2.63. The molecular formula is C8H14N2O3. The molecule has 0 spiro atoms. The average molecular weight is 186 g/mol. The highest BCUT2D eigenvalue weighted by molar-refractivity contribution is 5.93. The van der Waals surface area contributed by atoms with Gasteiger partial charge >= 0.3 is 0 Å². The van der Waals surface area contributed by atoms with E-state index < -0.39 is 6.10 Å². The number of methoxy groups -OCH3 is 1. The van der Waals surface area contributed by atoms with E-state index in [4.69, 9.17) is 9.94 Å². The summed E-state index contributed by atoms with van der Waals surface area (Å²) in [7, 11) is 1.50. The van der Waals surface area contributed by atoms with Gasteiger partial charge in [-0.2, -0.15) is 0 Å². The van der Waals surface area contributed by atoms with Crippen LogP contribution < -0.4 is 0 Å². The van der Waals surface area contributed by atoms with Gasteiger partial charge < -0.3 is 14.8 Å². The Hall–Kier alpha value is -1.10. The lowest BCUT2D eigenvalue weighted by Crippen LogP contribution is -2.37. The van der Waals surface area contributed by atoms with E-state index in [-0.39, 0.29) is 5.91 Å². The number of carbonyl (C=O) groups is 1. The van der Waals surface area contributed by atoms with Gasteiger partial charge in [0.15, 0.2) is 0 Å². The minimum atomic E-state index is -0.418. The molecule has 74 valence electrons. The van der Waals surface area contributed by atoms with E-state index >= 15 is 0 Å². The molecule has 1 rings (SSSR count). The summed E-state index contributed by atoms with van der Waals surface area (Å²) in [5, 5.41) is 11.6. The van der Waals surface area contributed by atoms with E-state index in [0.717, 1.165) is 0 Å². The predicted molar refractivity (Wildman–Crippen MR) is 46.9 cm³/mol. The first kappa shape index (κ1) is 9.98. The Morgan fingerprint density at radius 1 is 1.77 bits per heavy atom. The molecule has 1 aliphatic rings. The maximum Gasteiger partial charge on any atom is 0.251 e. The summed E-state index contributed by atoms with van der Waals surface area (Å²) < 4.78 is 4.90. The van der Waals surface area contributed by atoms with Crippen LogP contribution in [0, 0.1) is 0 Å². The lowest BCUT2D eigenvalue weighted by molar-refractivity contribution is -0.139. The van der Waals surface area contributed by atoms with Crippen LogP contribution in [0.15, 0.2) is 5.16 Å². The Bertz CT molecular complexity index is 227. The summed E-state index contributed by atoms with van der Waals surface area (Å²) in [5.41, 5.74) is 0.650. The van der Waals surface area contributed by atoms with Gasteiger partial charge in [0.2, 0.25) is 0 Å². The number of ether oxygens (including phenoxy) is 1. The van der Waals surface area contributed by atoms with Crippen LogP contribution in [0.1, 0.15) is 13.3 Å². The molecule has 1 atom stereocenters. The maximum atomic E-state index is 11.5. The molecule has 1 N–H and O–H groups in total. The molecule has 5 nitrogen and oxygen atoms in total. The van der Waals surface area contributed by atoms with Crippen molar-refractivity contribution in [3.63, 3.8) is 0 Å². The van der Waals surface area contributed by atoms with Crippen molar-refractivity contribution in [2.75, 3.05) is 20.2 Å². The zero-order chi connectivity index (χ0) is 9.84. The zero-order valence-corrected chi connectivity index (χ0v) is 7.86. The van der Waals surface area contributed by atoms with E-state index in [1.807, 2.05) is 0 Å². The third kappa shape index (κ3) is 2.18. The number of amides is 1. The highest BCUT2D eigenvalue weighted by Crippen LogP contribution is 2.08. The largest absolute Gasteiger partial charge is 0.411 e. The van der Waals surface area contributed by atoms with Crippen molar-refractivity contribution in [3.05, 3.63) is 0 Å². The fraction of sp³-hybridized carbons (Fsp3) is 0.750. The first-order chi connectivity index (χ1) is 6.19. The van der Waals surface area contributed by atoms with Gasteiger partial charge in [-0.25, -0.2) is 0 Å². The van der Waals surface area contributed by atoms with E-state index in [1.165, 1.54) is 7.11 Å². The number of likely N-dealkylation sites (tertiary alicyclic amines) is 1. The normalized spacial score (nSPS) is 22.3. The highest BCUT2D eigenvalue weighted by Gasteiger charge is 2.26. The summed E-state index contributed by atoms with van der Waals surface area (Å²) in [6.07, 6.45) is 0.233. The standard InChI is InChI=1S/C8H14N2O3/c1-6(13-2)8(11)10-4-3-7(5-10)9-12/h6,12H,3-5H2,1-2H3/b9-7-. The molecule has 13 heavy (non-hydrogen) atoms. The van der Waals surface area contributed by atoms with E-state index in [0.29, 0.717) is 25.2 Å². The summed E-state index contributed by atoms with van der Waals surface area (Å²) in [6, 6.07) is 0. The van der Waals surface area contributed by atoms with Gasteiger partial charge in [0.25, 0.3) is 5.91 Å². The smallest absolute Gasteiger partial charge is 0.251 e. The van der Waals surface area contributed by atoms with Crippen LogP contribution in [0.25, 0.3) is 0 Å². The Labute approximate surface area is 77.0 Å². The zero-order valence-electron chi connectivity index (χ0n) is 7.86. The van der Waals surface area contributed by atoms with Gasteiger partial charge in [-0.15, -0.1) is 0 Å². The monoisotopic (exact) mass is 186 g/mol. The van der Waals surface area contributed by atoms with E-state index in [1.54, 1.807) is 11.8 Å². The van der Waals surface area contributed by atoms with Crippen molar-refractivity contribution in [1.82, 2.24) is 4.90 Å². The minimum absolute atomic E-state index is 0.0545. The van der Waals surface area contributed by atoms with Crippen LogP contribution in [-0.2, 0) is 9.53 Å². The van der Waals surface area contributed by atoms with Crippen LogP contribution in [0.5, 0.6) is 0 Å². The topological polar surface area (TPSA) is 62.1 Å².